The van der Waals surface area contributed by atoms with Crippen LogP contribution in [0, 0.1) is 0 Å². The van der Waals surface area contributed by atoms with Gasteiger partial charge in [-0.15, -0.1) is 0 Å². The smallest absolute Gasteiger partial charge is 0.410 e. The van der Waals surface area contributed by atoms with Gasteiger partial charge < -0.3 is 24.1 Å². The van der Waals surface area contributed by atoms with Gasteiger partial charge in [-0.2, -0.15) is 0 Å². The number of carbonyl (C=O) groups is 3. The number of aromatic nitrogens is 2. The van der Waals surface area contributed by atoms with E-state index in [1.54, 1.807) is 32.3 Å². The molecule has 2 heterocycles. The van der Waals surface area contributed by atoms with E-state index >= 15 is 0 Å². The molecule has 10 nitrogen and oxygen atoms in total. The quantitative estimate of drug-likeness (QED) is 0.501. The minimum Gasteiger partial charge on any atom is -0.460 e. The largest absolute Gasteiger partial charge is 0.460 e. The van der Waals surface area contributed by atoms with E-state index in [1.165, 1.54) is 4.90 Å². The predicted octanol–water partition coefficient (Wildman–Crippen LogP) is 3.24. The average molecular weight is 459 g/mol. The van der Waals surface area contributed by atoms with Crippen LogP contribution in [0.25, 0.3) is 0 Å². The van der Waals surface area contributed by atoms with Crippen molar-refractivity contribution in [1.82, 2.24) is 19.8 Å². The fourth-order valence-corrected chi connectivity index (χ4v) is 3.35. The lowest BCUT2D eigenvalue weighted by molar-refractivity contribution is 0.0237. The van der Waals surface area contributed by atoms with Gasteiger partial charge in [0.1, 0.15) is 12.2 Å². The molecule has 0 fully saturated rings. The highest BCUT2D eigenvalue weighted by Gasteiger charge is 2.34. The number of nitrogens with one attached hydrogen (secondary N) is 1. The summed E-state index contributed by atoms with van der Waals surface area (Å²) in [5.74, 6) is -0.410. The molecule has 33 heavy (non-hydrogen) atoms. The number of esters is 1. The van der Waals surface area contributed by atoms with E-state index in [4.69, 9.17) is 14.2 Å². The Labute approximate surface area is 192 Å². The highest BCUT2D eigenvalue weighted by molar-refractivity contribution is 5.86. The van der Waals surface area contributed by atoms with E-state index in [-0.39, 0.29) is 45.2 Å². The summed E-state index contributed by atoms with van der Waals surface area (Å²) in [7, 11) is 0. The number of rotatable bonds is 7. The first kappa shape index (κ1) is 24.1. The average Bonchev–Trinajstić information content (AvgIpc) is 3.31. The number of alkyl carbamates (subject to hydrolysis) is 1. The van der Waals surface area contributed by atoms with Crippen LogP contribution in [-0.4, -0.2) is 51.4 Å². The molecule has 178 valence electrons. The molecule has 0 aliphatic carbocycles. The molecule has 0 atom stereocenters. The van der Waals surface area contributed by atoms with Crippen molar-refractivity contribution in [2.75, 3.05) is 13.2 Å². The standard InChI is InChI=1S/C23H30N4O6/c1-5-31-20(28)19-25-17-13-26(22(30)33-23(2,3)4)14-18(17)27(19)12-11-24-21(29)32-15-16-9-7-6-8-10-16/h6-10H,5,11-15H2,1-4H3,(H,24,29). The van der Waals surface area contributed by atoms with Crippen molar-refractivity contribution in [2.24, 2.45) is 0 Å². The number of ether oxygens (including phenoxy) is 3. The van der Waals surface area contributed by atoms with Crippen molar-refractivity contribution in [3.63, 3.8) is 0 Å². The molecular formula is C23H30N4O6. The minimum absolute atomic E-state index is 0.144. The summed E-state index contributed by atoms with van der Waals surface area (Å²) in [4.78, 5) is 42.8. The van der Waals surface area contributed by atoms with Crippen molar-refractivity contribution < 1.29 is 28.6 Å². The van der Waals surface area contributed by atoms with Gasteiger partial charge in [-0.25, -0.2) is 19.4 Å². The molecule has 0 spiro atoms. The number of nitrogens with zero attached hydrogens (tertiary/aromatic N) is 3. The van der Waals surface area contributed by atoms with Crippen molar-refractivity contribution in [1.29, 1.82) is 0 Å². The highest BCUT2D eigenvalue weighted by atomic mass is 16.6. The van der Waals surface area contributed by atoms with Gasteiger partial charge in [0, 0.05) is 13.1 Å². The third-order valence-corrected chi connectivity index (χ3v) is 4.76. The van der Waals surface area contributed by atoms with Crippen LogP contribution in [0.1, 0.15) is 55.3 Å². The highest BCUT2D eigenvalue weighted by Crippen LogP contribution is 2.26. The molecule has 0 bridgehead atoms. The first-order chi connectivity index (χ1) is 15.7. The summed E-state index contributed by atoms with van der Waals surface area (Å²) in [6.45, 7) is 8.43. The zero-order chi connectivity index (χ0) is 24.0. The summed E-state index contributed by atoms with van der Waals surface area (Å²) < 4.78 is 17.5. The van der Waals surface area contributed by atoms with Crippen molar-refractivity contribution >= 4 is 18.2 Å². The van der Waals surface area contributed by atoms with Gasteiger partial charge in [-0.3, -0.25) is 4.90 Å². The number of amides is 2. The third-order valence-electron chi connectivity index (χ3n) is 4.76. The fraction of sp³-hybridized carbons (Fsp3) is 0.478. The molecular weight excluding hydrogens is 428 g/mol. The lowest BCUT2D eigenvalue weighted by Crippen LogP contribution is -2.34. The third kappa shape index (κ3) is 6.47. The molecule has 0 saturated carbocycles. The summed E-state index contributed by atoms with van der Waals surface area (Å²) >= 11 is 0. The molecule has 1 aliphatic heterocycles. The molecule has 3 rings (SSSR count). The normalized spacial score (nSPS) is 12.8. The number of carbonyl (C=O) groups excluding carboxylic acids is 3. The van der Waals surface area contributed by atoms with Crippen LogP contribution in [-0.2, 0) is 40.5 Å². The summed E-state index contributed by atoms with van der Waals surface area (Å²) in [5, 5.41) is 2.68. The second kappa shape index (κ2) is 10.4. The molecule has 0 saturated heterocycles. The van der Waals surface area contributed by atoms with Gasteiger partial charge in [-0.05, 0) is 33.3 Å². The molecule has 0 unspecified atom stereocenters. The molecule has 1 aliphatic rings. The summed E-state index contributed by atoms with van der Waals surface area (Å²) in [5.41, 5.74) is 1.58. The van der Waals surface area contributed by atoms with Crippen LogP contribution in [0.15, 0.2) is 30.3 Å². The molecule has 1 aromatic heterocycles. The second-order valence-corrected chi connectivity index (χ2v) is 8.53. The van der Waals surface area contributed by atoms with E-state index in [0.29, 0.717) is 11.4 Å². The van der Waals surface area contributed by atoms with Crippen LogP contribution in [0.3, 0.4) is 0 Å². The number of imidazole rings is 1. The lowest BCUT2D eigenvalue weighted by Gasteiger charge is -2.24. The van der Waals surface area contributed by atoms with Crippen molar-refractivity contribution in [2.45, 2.75) is 59.5 Å². The number of fused-ring (bicyclic) bond motifs is 1. The fourth-order valence-electron chi connectivity index (χ4n) is 3.35. The van der Waals surface area contributed by atoms with Gasteiger partial charge in [0.05, 0.1) is 31.1 Å². The van der Waals surface area contributed by atoms with E-state index in [9.17, 15) is 14.4 Å². The molecule has 10 heteroatoms. The Kier molecular flexibility index (Phi) is 7.57. The molecule has 1 aromatic carbocycles. The Hall–Kier alpha value is -3.56. The Morgan fingerprint density at radius 3 is 2.48 bits per heavy atom. The monoisotopic (exact) mass is 458 g/mol. The van der Waals surface area contributed by atoms with Crippen molar-refractivity contribution in [3.05, 3.63) is 53.1 Å². The summed E-state index contributed by atoms with van der Waals surface area (Å²) in [6.07, 6.45) is -1.02. The van der Waals surface area contributed by atoms with Crippen LogP contribution in [0.5, 0.6) is 0 Å². The van der Waals surface area contributed by atoms with E-state index in [1.807, 2.05) is 30.3 Å². The maximum absolute atomic E-state index is 12.5. The number of hydrogen-bond donors (Lipinski definition) is 1. The van der Waals surface area contributed by atoms with Gasteiger partial charge in [0.2, 0.25) is 5.82 Å². The molecule has 2 aromatic rings. The minimum atomic E-state index is -0.618. The molecule has 2 amide bonds. The van der Waals surface area contributed by atoms with Gasteiger partial charge in [0.15, 0.2) is 0 Å². The van der Waals surface area contributed by atoms with Crippen LogP contribution in [0.2, 0.25) is 0 Å². The predicted molar refractivity (Wildman–Crippen MR) is 118 cm³/mol. The van der Waals surface area contributed by atoms with Gasteiger partial charge in [0.25, 0.3) is 0 Å². The van der Waals surface area contributed by atoms with E-state index in [0.717, 1.165) is 5.56 Å². The maximum Gasteiger partial charge on any atom is 0.410 e. The lowest BCUT2D eigenvalue weighted by atomic mass is 10.2. The zero-order valence-electron chi connectivity index (χ0n) is 19.4. The van der Waals surface area contributed by atoms with Gasteiger partial charge >= 0.3 is 18.2 Å². The van der Waals surface area contributed by atoms with Crippen LogP contribution >= 0.6 is 0 Å². The second-order valence-electron chi connectivity index (χ2n) is 8.53. The SMILES string of the molecule is CCOC(=O)c1nc2c(n1CCNC(=O)OCc1ccccc1)CN(C(=O)OC(C)(C)C)C2. The first-order valence-electron chi connectivity index (χ1n) is 10.9. The molecule has 0 radical (unpaired) electrons. The summed E-state index contributed by atoms with van der Waals surface area (Å²) in [6, 6.07) is 9.35. The van der Waals surface area contributed by atoms with Crippen molar-refractivity contribution in [3.8, 4) is 0 Å². The number of hydrogen-bond acceptors (Lipinski definition) is 7. The van der Waals surface area contributed by atoms with E-state index in [2.05, 4.69) is 10.3 Å². The Morgan fingerprint density at radius 2 is 1.82 bits per heavy atom. The van der Waals surface area contributed by atoms with E-state index < -0.39 is 23.8 Å². The maximum atomic E-state index is 12.5. The molecule has 1 N–H and O–H groups in total. The Bertz CT molecular complexity index is 996. The Balaban J connectivity index is 1.63. The van der Waals surface area contributed by atoms with Crippen LogP contribution in [0.4, 0.5) is 9.59 Å². The zero-order valence-corrected chi connectivity index (χ0v) is 19.4. The topological polar surface area (TPSA) is 112 Å². The van der Waals surface area contributed by atoms with Gasteiger partial charge in [-0.1, -0.05) is 30.3 Å². The van der Waals surface area contributed by atoms with Crippen LogP contribution < -0.4 is 5.32 Å². The Morgan fingerprint density at radius 1 is 1.09 bits per heavy atom. The number of benzene rings is 1. The first-order valence-corrected chi connectivity index (χ1v) is 10.9.